The Morgan fingerprint density at radius 3 is 2.89 bits per heavy atom. The van der Waals surface area contributed by atoms with E-state index in [4.69, 9.17) is 18.0 Å². The number of likely N-dealkylation sites (tertiary alicyclic amines) is 1. The predicted molar refractivity (Wildman–Crippen MR) is 79.1 cm³/mol. The second-order valence-electron chi connectivity index (χ2n) is 4.71. The molecule has 18 heavy (non-hydrogen) atoms. The lowest BCUT2D eigenvalue weighted by molar-refractivity contribution is 0.346. The molecule has 0 amide bonds. The van der Waals surface area contributed by atoms with Gasteiger partial charge in [-0.3, -0.25) is 0 Å². The normalized spacial score (nSPS) is 15.8. The molecule has 0 bridgehead atoms. The number of thiocarbonyl (C=S) groups is 1. The maximum Gasteiger partial charge on any atom is 0.138 e. The average molecular weight is 264 g/mol. The molecule has 2 rings (SSSR count). The Morgan fingerprint density at radius 2 is 2.22 bits per heavy atom. The van der Waals surface area contributed by atoms with Gasteiger partial charge in [0.1, 0.15) is 10.8 Å². The van der Waals surface area contributed by atoms with Crippen LogP contribution >= 0.6 is 12.2 Å². The highest BCUT2D eigenvalue weighted by Gasteiger charge is 2.14. The van der Waals surface area contributed by atoms with Crippen molar-refractivity contribution in [3.63, 3.8) is 0 Å². The average Bonchev–Trinajstić information content (AvgIpc) is 2.89. The highest BCUT2D eigenvalue weighted by atomic mass is 32.1. The van der Waals surface area contributed by atoms with E-state index in [-0.39, 0.29) is 0 Å². The van der Waals surface area contributed by atoms with E-state index in [9.17, 15) is 0 Å². The molecular weight excluding hydrogens is 244 g/mol. The van der Waals surface area contributed by atoms with Gasteiger partial charge in [0, 0.05) is 26.3 Å². The monoisotopic (exact) mass is 264 g/mol. The van der Waals surface area contributed by atoms with Gasteiger partial charge in [0.05, 0.1) is 5.56 Å². The zero-order chi connectivity index (χ0) is 13.0. The molecule has 2 N–H and O–H groups in total. The van der Waals surface area contributed by atoms with Gasteiger partial charge >= 0.3 is 0 Å². The van der Waals surface area contributed by atoms with Crippen LogP contribution in [0.2, 0.25) is 0 Å². The van der Waals surface area contributed by atoms with Crippen molar-refractivity contribution in [3.8, 4) is 0 Å². The predicted octanol–water partition coefficient (Wildman–Crippen LogP) is 1.25. The first-order valence-electron chi connectivity index (χ1n) is 6.37. The molecule has 1 aromatic heterocycles. The third kappa shape index (κ3) is 3.17. The molecule has 4 nitrogen and oxygen atoms in total. The molecule has 0 unspecified atom stereocenters. The topological polar surface area (TPSA) is 45.4 Å². The molecule has 0 spiro atoms. The number of hydrogen-bond acceptors (Lipinski definition) is 4. The van der Waals surface area contributed by atoms with Crippen molar-refractivity contribution in [2.75, 3.05) is 38.1 Å². The number of rotatable bonds is 5. The van der Waals surface area contributed by atoms with Crippen molar-refractivity contribution in [3.05, 3.63) is 23.9 Å². The van der Waals surface area contributed by atoms with E-state index in [1.54, 1.807) is 6.20 Å². The molecule has 0 radical (unpaired) electrons. The van der Waals surface area contributed by atoms with Crippen molar-refractivity contribution in [1.29, 1.82) is 0 Å². The number of nitrogens with two attached hydrogens (primary N) is 1. The Kier molecular flexibility index (Phi) is 4.49. The fourth-order valence-electron chi connectivity index (χ4n) is 2.30. The Labute approximate surface area is 114 Å². The summed E-state index contributed by atoms with van der Waals surface area (Å²) in [7, 11) is 2.04. The summed E-state index contributed by atoms with van der Waals surface area (Å²) in [6.45, 7) is 4.47. The van der Waals surface area contributed by atoms with Gasteiger partial charge in [-0.15, -0.1) is 0 Å². The first-order chi connectivity index (χ1) is 8.68. The van der Waals surface area contributed by atoms with Crippen molar-refractivity contribution < 1.29 is 0 Å². The van der Waals surface area contributed by atoms with Crippen LogP contribution in [0, 0.1) is 0 Å². The standard InChI is InChI=1S/C13H20N4S/c1-16(9-10-17-7-2-3-8-17)13-11(12(14)18)5-4-6-15-13/h4-6H,2-3,7-10H2,1H3,(H2,14,18). The molecule has 1 fully saturated rings. The van der Waals surface area contributed by atoms with E-state index in [1.807, 2.05) is 19.2 Å². The number of hydrogen-bond donors (Lipinski definition) is 1. The largest absolute Gasteiger partial charge is 0.389 e. The Balaban J connectivity index is 1.99. The Morgan fingerprint density at radius 1 is 1.50 bits per heavy atom. The first kappa shape index (κ1) is 13.2. The Hall–Kier alpha value is -1.20. The van der Waals surface area contributed by atoms with E-state index in [0.717, 1.165) is 24.5 Å². The quantitative estimate of drug-likeness (QED) is 0.811. The number of pyridine rings is 1. The fourth-order valence-corrected chi connectivity index (χ4v) is 2.46. The van der Waals surface area contributed by atoms with E-state index in [1.165, 1.54) is 25.9 Å². The van der Waals surface area contributed by atoms with Crippen molar-refractivity contribution in [1.82, 2.24) is 9.88 Å². The van der Waals surface area contributed by atoms with Crippen LogP contribution in [0.1, 0.15) is 18.4 Å². The molecule has 0 saturated carbocycles. The van der Waals surface area contributed by atoms with Gasteiger partial charge < -0.3 is 15.5 Å². The Bertz CT molecular complexity index is 415. The second kappa shape index (κ2) is 6.11. The first-order valence-corrected chi connectivity index (χ1v) is 6.77. The van der Waals surface area contributed by atoms with Crippen LogP contribution in [-0.4, -0.2) is 48.1 Å². The smallest absolute Gasteiger partial charge is 0.138 e. The van der Waals surface area contributed by atoms with Crippen molar-refractivity contribution >= 4 is 23.0 Å². The number of anilines is 1. The minimum atomic E-state index is 0.408. The van der Waals surface area contributed by atoms with Gasteiger partial charge in [0.15, 0.2) is 0 Å². The van der Waals surface area contributed by atoms with Gasteiger partial charge in [0.2, 0.25) is 0 Å². The zero-order valence-electron chi connectivity index (χ0n) is 10.8. The summed E-state index contributed by atoms with van der Waals surface area (Å²) in [5.74, 6) is 0.879. The van der Waals surface area contributed by atoms with Gasteiger partial charge in [-0.1, -0.05) is 12.2 Å². The molecule has 98 valence electrons. The summed E-state index contributed by atoms with van der Waals surface area (Å²) >= 11 is 5.06. The van der Waals surface area contributed by atoms with E-state index in [0.29, 0.717) is 4.99 Å². The maximum absolute atomic E-state index is 5.73. The van der Waals surface area contributed by atoms with E-state index in [2.05, 4.69) is 14.8 Å². The van der Waals surface area contributed by atoms with Crippen LogP contribution in [0.5, 0.6) is 0 Å². The minimum Gasteiger partial charge on any atom is -0.389 e. The molecule has 2 heterocycles. The summed E-state index contributed by atoms with van der Waals surface area (Å²) in [6, 6.07) is 3.79. The molecule has 1 aliphatic heterocycles. The summed E-state index contributed by atoms with van der Waals surface area (Å²) in [5.41, 5.74) is 6.58. The lowest BCUT2D eigenvalue weighted by Crippen LogP contribution is -2.33. The SMILES string of the molecule is CN(CCN1CCCC1)c1ncccc1C(N)=S. The van der Waals surface area contributed by atoms with Crippen molar-refractivity contribution in [2.45, 2.75) is 12.8 Å². The molecule has 1 aliphatic rings. The van der Waals surface area contributed by atoms with Crippen LogP contribution in [0.25, 0.3) is 0 Å². The lowest BCUT2D eigenvalue weighted by atomic mass is 10.2. The molecule has 0 aliphatic carbocycles. The number of aromatic nitrogens is 1. The van der Waals surface area contributed by atoms with E-state index < -0.39 is 0 Å². The lowest BCUT2D eigenvalue weighted by Gasteiger charge is -2.23. The molecular formula is C13H20N4S. The summed E-state index contributed by atoms with van der Waals surface area (Å²) < 4.78 is 0. The third-order valence-corrected chi connectivity index (χ3v) is 3.58. The van der Waals surface area contributed by atoms with Crippen LogP contribution in [0.4, 0.5) is 5.82 Å². The third-order valence-electron chi connectivity index (χ3n) is 3.36. The van der Waals surface area contributed by atoms with Gasteiger partial charge in [-0.2, -0.15) is 0 Å². The van der Waals surface area contributed by atoms with E-state index >= 15 is 0 Å². The van der Waals surface area contributed by atoms with Gasteiger partial charge in [0.25, 0.3) is 0 Å². The van der Waals surface area contributed by atoms with Crippen LogP contribution in [-0.2, 0) is 0 Å². The molecule has 5 heteroatoms. The van der Waals surface area contributed by atoms with Crippen molar-refractivity contribution in [2.24, 2.45) is 5.73 Å². The fraction of sp³-hybridized carbons (Fsp3) is 0.538. The molecule has 0 atom stereocenters. The summed E-state index contributed by atoms with van der Waals surface area (Å²) in [6.07, 6.45) is 4.43. The van der Waals surface area contributed by atoms with Crippen LogP contribution in [0.3, 0.4) is 0 Å². The van der Waals surface area contributed by atoms with Crippen LogP contribution in [0.15, 0.2) is 18.3 Å². The minimum absolute atomic E-state index is 0.408. The molecule has 1 saturated heterocycles. The highest BCUT2D eigenvalue weighted by Crippen LogP contribution is 2.16. The summed E-state index contributed by atoms with van der Waals surface area (Å²) in [5, 5.41) is 0. The number of nitrogens with zero attached hydrogens (tertiary/aromatic N) is 3. The molecule has 0 aromatic carbocycles. The zero-order valence-corrected chi connectivity index (χ0v) is 11.6. The highest BCUT2D eigenvalue weighted by molar-refractivity contribution is 7.80. The van der Waals surface area contributed by atoms with Gasteiger partial charge in [-0.05, 0) is 38.1 Å². The van der Waals surface area contributed by atoms with Gasteiger partial charge in [-0.25, -0.2) is 4.98 Å². The van der Waals surface area contributed by atoms with Crippen LogP contribution < -0.4 is 10.6 Å². The second-order valence-corrected chi connectivity index (χ2v) is 5.15. The summed E-state index contributed by atoms with van der Waals surface area (Å²) in [4.78, 5) is 9.41. The number of likely N-dealkylation sites (N-methyl/N-ethyl adjacent to an activating group) is 1. The molecule has 1 aromatic rings. The maximum atomic E-state index is 5.73.